The summed E-state index contributed by atoms with van der Waals surface area (Å²) < 4.78 is 10.8. The van der Waals surface area contributed by atoms with Gasteiger partial charge in [-0.2, -0.15) is 0 Å². The molecule has 1 aliphatic rings. The predicted octanol–water partition coefficient (Wildman–Crippen LogP) is 3.62. The van der Waals surface area contributed by atoms with Gasteiger partial charge in [-0.1, -0.05) is 30.3 Å². The lowest BCUT2D eigenvalue weighted by molar-refractivity contribution is 0.174. The lowest BCUT2D eigenvalue weighted by atomic mass is 10.0. The first-order valence-electron chi connectivity index (χ1n) is 7.42. The molecule has 3 heteroatoms. The van der Waals surface area contributed by atoms with Gasteiger partial charge in [-0.3, -0.25) is 0 Å². The van der Waals surface area contributed by atoms with E-state index < -0.39 is 0 Å². The van der Waals surface area contributed by atoms with E-state index in [1.807, 2.05) is 19.2 Å². The van der Waals surface area contributed by atoms with Crippen molar-refractivity contribution in [1.29, 1.82) is 0 Å². The standard InChI is InChI=1S/C18H21NO2/c1-13(19-2)3-4-14-5-7-15(8-6-14)16-9-10-17-18(11-16)21-12-20-17/h5-11,13,19H,3-4,12H2,1-2H3. The average Bonchev–Trinajstić information content (AvgIpc) is 3.00. The molecule has 110 valence electrons. The highest BCUT2D eigenvalue weighted by Gasteiger charge is 2.13. The molecule has 0 amide bonds. The number of hydrogen-bond donors (Lipinski definition) is 1. The van der Waals surface area contributed by atoms with E-state index in [4.69, 9.17) is 9.47 Å². The second kappa shape index (κ2) is 6.19. The van der Waals surface area contributed by atoms with Crippen molar-refractivity contribution in [2.45, 2.75) is 25.8 Å². The number of nitrogens with one attached hydrogen (secondary N) is 1. The smallest absolute Gasteiger partial charge is 0.231 e. The first-order valence-corrected chi connectivity index (χ1v) is 7.42. The molecule has 0 saturated heterocycles. The van der Waals surface area contributed by atoms with Gasteiger partial charge < -0.3 is 14.8 Å². The number of ether oxygens (including phenoxy) is 2. The third-order valence-corrected chi connectivity index (χ3v) is 4.02. The van der Waals surface area contributed by atoms with Crippen LogP contribution in [0.25, 0.3) is 11.1 Å². The van der Waals surface area contributed by atoms with Crippen molar-refractivity contribution < 1.29 is 9.47 Å². The molecule has 0 aromatic heterocycles. The summed E-state index contributed by atoms with van der Waals surface area (Å²) in [6.07, 6.45) is 2.25. The van der Waals surface area contributed by atoms with Crippen LogP contribution >= 0.6 is 0 Å². The Hall–Kier alpha value is -2.00. The Bertz CT molecular complexity index is 607. The van der Waals surface area contributed by atoms with Crippen LogP contribution in [0.4, 0.5) is 0 Å². The highest BCUT2D eigenvalue weighted by atomic mass is 16.7. The lowest BCUT2D eigenvalue weighted by Gasteiger charge is -2.10. The monoisotopic (exact) mass is 283 g/mol. The molecule has 0 radical (unpaired) electrons. The van der Waals surface area contributed by atoms with Crippen LogP contribution in [-0.2, 0) is 6.42 Å². The largest absolute Gasteiger partial charge is 0.454 e. The third kappa shape index (κ3) is 3.19. The van der Waals surface area contributed by atoms with E-state index in [2.05, 4.69) is 42.6 Å². The molecular weight excluding hydrogens is 262 g/mol. The van der Waals surface area contributed by atoms with E-state index in [-0.39, 0.29) is 0 Å². The minimum atomic E-state index is 0.321. The first kappa shape index (κ1) is 14.0. The fraction of sp³-hybridized carbons (Fsp3) is 0.333. The van der Waals surface area contributed by atoms with E-state index in [9.17, 15) is 0 Å². The van der Waals surface area contributed by atoms with Gasteiger partial charge >= 0.3 is 0 Å². The molecule has 1 atom stereocenters. The maximum atomic E-state index is 5.43. The average molecular weight is 283 g/mol. The fourth-order valence-electron chi connectivity index (χ4n) is 2.47. The number of aryl methyl sites for hydroxylation is 1. The molecule has 0 spiro atoms. The van der Waals surface area contributed by atoms with Crippen molar-refractivity contribution in [1.82, 2.24) is 5.32 Å². The van der Waals surface area contributed by atoms with Gasteiger partial charge in [0.2, 0.25) is 6.79 Å². The number of rotatable bonds is 5. The number of benzene rings is 2. The number of hydrogen-bond acceptors (Lipinski definition) is 3. The minimum Gasteiger partial charge on any atom is -0.454 e. The van der Waals surface area contributed by atoms with Crippen LogP contribution in [0.2, 0.25) is 0 Å². The summed E-state index contributed by atoms with van der Waals surface area (Å²) in [6.45, 7) is 2.53. The molecule has 0 fully saturated rings. The molecule has 3 rings (SSSR count). The maximum absolute atomic E-state index is 5.43. The van der Waals surface area contributed by atoms with Crippen molar-refractivity contribution in [3.8, 4) is 22.6 Å². The van der Waals surface area contributed by atoms with Gasteiger partial charge in [-0.15, -0.1) is 0 Å². The molecule has 21 heavy (non-hydrogen) atoms. The molecule has 2 aromatic rings. The maximum Gasteiger partial charge on any atom is 0.231 e. The van der Waals surface area contributed by atoms with E-state index in [1.165, 1.54) is 11.1 Å². The summed E-state index contributed by atoms with van der Waals surface area (Å²) in [5.74, 6) is 1.66. The highest BCUT2D eigenvalue weighted by molar-refractivity contribution is 5.67. The van der Waals surface area contributed by atoms with Gasteiger partial charge in [0, 0.05) is 6.04 Å². The first-order chi connectivity index (χ1) is 10.3. The lowest BCUT2D eigenvalue weighted by Crippen LogP contribution is -2.21. The Morgan fingerprint density at radius 3 is 2.48 bits per heavy atom. The van der Waals surface area contributed by atoms with Crippen LogP contribution in [0.1, 0.15) is 18.9 Å². The zero-order valence-electron chi connectivity index (χ0n) is 12.6. The van der Waals surface area contributed by atoms with E-state index in [1.54, 1.807) is 0 Å². The van der Waals surface area contributed by atoms with Gasteiger partial charge in [0.05, 0.1) is 0 Å². The molecule has 1 unspecified atom stereocenters. The zero-order chi connectivity index (χ0) is 14.7. The van der Waals surface area contributed by atoms with Crippen LogP contribution in [0.5, 0.6) is 11.5 Å². The summed E-state index contributed by atoms with van der Waals surface area (Å²) in [7, 11) is 2.01. The van der Waals surface area contributed by atoms with Gasteiger partial charge in [0.1, 0.15) is 0 Å². The summed E-state index contributed by atoms with van der Waals surface area (Å²) in [4.78, 5) is 0. The molecule has 1 aliphatic heterocycles. The Labute approximate surface area is 125 Å². The van der Waals surface area contributed by atoms with Gasteiger partial charge in [-0.25, -0.2) is 0 Å². The summed E-state index contributed by atoms with van der Waals surface area (Å²) in [5, 5.41) is 3.27. The molecule has 2 aromatic carbocycles. The van der Waals surface area contributed by atoms with Crippen molar-refractivity contribution in [3.05, 3.63) is 48.0 Å². The second-order valence-electron chi connectivity index (χ2n) is 5.49. The van der Waals surface area contributed by atoms with Crippen LogP contribution in [0.15, 0.2) is 42.5 Å². The molecule has 1 heterocycles. The van der Waals surface area contributed by atoms with Gasteiger partial charge in [0.25, 0.3) is 0 Å². The quantitative estimate of drug-likeness (QED) is 0.909. The van der Waals surface area contributed by atoms with Crippen LogP contribution in [0, 0.1) is 0 Å². The normalized spacial score (nSPS) is 14.2. The molecular formula is C18H21NO2. The second-order valence-corrected chi connectivity index (χ2v) is 5.49. The van der Waals surface area contributed by atoms with Crippen molar-refractivity contribution in [2.24, 2.45) is 0 Å². The summed E-state index contributed by atoms with van der Waals surface area (Å²) in [6, 6.07) is 15.4. The van der Waals surface area contributed by atoms with Crippen molar-refractivity contribution in [3.63, 3.8) is 0 Å². The molecule has 0 bridgehead atoms. The summed E-state index contributed by atoms with van der Waals surface area (Å²) in [5.41, 5.74) is 3.75. The fourth-order valence-corrected chi connectivity index (χ4v) is 2.47. The van der Waals surface area contributed by atoms with E-state index in [0.29, 0.717) is 12.8 Å². The summed E-state index contributed by atoms with van der Waals surface area (Å²) >= 11 is 0. The van der Waals surface area contributed by atoms with Crippen molar-refractivity contribution >= 4 is 0 Å². The topological polar surface area (TPSA) is 30.5 Å². The Morgan fingerprint density at radius 2 is 1.71 bits per heavy atom. The number of fused-ring (bicyclic) bond motifs is 1. The Kier molecular flexibility index (Phi) is 4.11. The Balaban J connectivity index is 1.72. The van der Waals surface area contributed by atoms with Crippen molar-refractivity contribution in [2.75, 3.05) is 13.8 Å². The van der Waals surface area contributed by atoms with Crippen LogP contribution in [0.3, 0.4) is 0 Å². The van der Waals surface area contributed by atoms with Gasteiger partial charge in [-0.05, 0) is 55.6 Å². The highest BCUT2D eigenvalue weighted by Crippen LogP contribution is 2.35. The SMILES string of the molecule is CNC(C)CCc1ccc(-c2ccc3c(c2)OCO3)cc1. The zero-order valence-corrected chi connectivity index (χ0v) is 12.6. The molecule has 0 aliphatic carbocycles. The molecule has 3 nitrogen and oxygen atoms in total. The minimum absolute atomic E-state index is 0.321. The Morgan fingerprint density at radius 1 is 1.00 bits per heavy atom. The van der Waals surface area contributed by atoms with E-state index >= 15 is 0 Å². The third-order valence-electron chi connectivity index (χ3n) is 4.02. The van der Waals surface area contributed by atoms with E-state index in [0.717, 1.165) is 29.9 Å². The van der Waals surface area contributed by atoms with Gasteiger partial charge in [0.15, 0.2) is 11.5 Å². The van der Waals surface area contributed by atoms with Crippen LogP contribution < -0.4 is 14.8 Å². The molecule has 1 N–H and O–H groups in total. The molecule has 0 saturated carbocycles. The van der Waals surface area contributed by atoms with Crippen LogP contribution in [-0.4, -0.2) is 19.9 Å². The predicted molar refractivity (Wildman–Crippen MR) is 84.8 cm³/mol.